The summed E-state index contributed by atoms with van der Waals surface area (Å²) in [5.41, 5.74) is 2.50. The minimum atomic E-state index is 0. The molecule has 0 bridgehead atoms. The van der Waals surface area contributed by atoms with E-state index in [9.17, 15) is 0 Å². The lowest BCUT2D eigenvalue weighted by Crippen LogP contribution is -2.44. The number of nitrogens with zero attached hydrogens (tertiary/aromatic N) is 2. The van der Waals surface area contributed by atoms with E-state index in [0.717, 1.165) is 35.5 Å². The van der Waals surface area contributed by atoms with Crippen LogP contribution in [0.1, 0.15) is 46.8 Å². The summed E-state index contributed by atoms with van der Waals surface area (Å²) in [5, 5.41) is 8.11. The van der Waals surface area contributed by atoms with Gasteiger partial charge in [0.25, 0.3) is 0 Å². The number of ether oxygens (including phenoxy) is 1. The van der Waals surface area contributed by atoms with Gasteiger partial charge in [-0.1, -0.05) is 31.0 Å². The zero-order chi connectivity index (χ0) is 19.3. The summed E-state index contributed by atoms with van der Waals surface area (Å²) in [6, 6.07) is 8.43. The molecule has 3 rings (SSSR count). The normalized spacial score (nSPS) is 15.8. The molecule has 1 aliphatic carbocycles. The highest BCUT2D eigenvalue weighted by Gasteiger charge is 2.37. The molecule has 0 radical (unpaired) electrons. The van der Waals surface area contributed by atoms with E-state index in [1.807, 2.05) is 20.0 Å². The quantitative estimate of drug-likeness (QED) is 0.337. The van der Waals surface area contributed by atoms with E-state index in [4.69, 9.17) is 4.74 Å². The number of benzene rings is 1. The van der Waals surface area contributed by atoms with Crippen LogP contribution in [0, 0.1) is 13.8 Å². The van der Waals surface area contributed by atoms with Crippen molar-refractivity contribution in [2.75, 3.05) is 20.7 Å². The Morgan fingerprint density at radius 1 is 1.21 bits per heavy atom. The van der Waals surface area contributed by atoms with E-state index in [2.05, 4.69) is 45.7 Å². The van der Waals surface area contributed by atoms with Crippen molar-refractivity contribution in [3.8, 4) is 5.75 Å². The molecule has 0 saturated heterocycles. The molecular formula is C21H31IN4OS. The van der Waals surface area contributed by atoms with Gasteiger partial charge >= 0.3 is 0 Å². The summed E-state index contributed by atoms with van der Waals surface area (Å²) in [6.45, 7) is 5.71. The first-order chi connectivity index (χ1) is 13.1. The number of hydrogen-bond acceptors (Lipinski definition) is 4. The number of halogens is 1. The standard InChI is InChI=1S/C21H30N4OS.HI/c1-15-19(27-16(2)25-15)13-23-20(22-3)24-14-21(11-7-8-12-21)17-9-5-6-10-18(17)26-4;/h5-6,9-10H,7-8,11-14H2,1-4H3,(H2,22,23,24);1H. The maximum Gasteiger partial charge on any atom is 0.191 e. The molecule has 0 unspecified atom stereocenters. The van der Waals surface area contributed by atoms with Crippen LogP contribution in [0.15, 0.2) is 29.3 Å². The average Bonchev–Trinajstić information content (AvgIpc) is 3.28. The van der Waals surface area contributed by atoms with E-state index in [0.29, 0.717) is 0 Å². The molecule has 28 heavy (non-hydrogen) atoms. The van der Waals surface area contributed by atoms with Crippen LogP contribution in [0.25, 0.3) is 0 Å². The largest absolute Gasteiger partial charge is 0.496 e. The topological polar surface area (TPSA) is 58.5 Å². The lowest BCUT2D eigenvalue weighted by molar-refractivity contribution is 0.371. The Bertz CT molecular complexity index is 799. The first-order valence-electron chi connectivity index (χ1n) is 9.59. The lowest BCUT2D eigenvalue weighted by Gasteiger charge is -2.32. The van der Waals surface area contributed by atoms with Gasteiger partial charge in [-0.05, 0) is 32.8 Å². The smallest absolute Gasteiger partial charge is 0.191 e. The van der Waals surface area contributed by atoms with Crippen molar-refractivity contribution < 1.29 is 4.74 Å². The minimum absolute atomic E-state index is 0. The minimum Gasteiger partial charge on any atom is -0.496 e. The molecule has 1 aromatic carbocycles. The number of aryl methyl sites for hydroxylation is 2. The highest BCUT2D eigenvalue weighted by Crippen LogP contribution is 2.44. The van der Waals surface area contributed by atoms with Crippen LogP contribution in [0.2, 0.25) is 0 Å². The molecule has 1 heterocycles. The Morgan fingerprint density at radius 2 is 1.93 bits per heavy atom. The van der Waals surface area contributed by atoms with Crippen LogP contribution in [0.4, 0.5) is 0 Å². The third kappa shape index (κ3) is 5.17. The molecule has 0 atom stereocenters. The Balaban J connectivity index is 0.00000280. The average molecular weight is 514 g/mol. The van der Waals surface area contributed by atoms with Crippen LogP contribution >= 0.6 is 35.3 Å². The summed E-state index contributed by atoms with van der Waals surface area (Å²) < 4.78 is 5.66. The van der Waals surface area contributed by atoms with E-state index < -0.39 is 0 Å². The van der Waals surface area contributed by atoms with Crippen LogP contribution < -0.4 is 15.4 Å². The number of aliphatic imine (C=N–C) groups is 1. The summed E-state index contributed by atoms with van der Waals surface area (Å²) in [4.78, 5) is 10.2. The molecule has 1 aliphatic rings. The fourth-order valence-electron chi connectivity index (χ4n) is 4.05. The van der Waals surface area contributed by atoms with Gasteiger partial charge in [-0.2, -0.15) is 0 Å². The number of guanidine groups is 1. The van der Waals surface area contributed by atoms with Gasteiger partial charge in [-0.25, -0.2) is 4.98 Å². The zero-order valence-electron chi connectivity index (χ0n) is 17.2. The van der Waals surface area contributed by atoms with Crippen molar-refractivity contribution in [2.45, 2.75) is 51.5 Å². The number of para-hydroxylation sites is 1. The predicted molar refractivity (Wildman–Crippen MR) is 128 cm³/mol. The second-order valence-electron chi connectivity index (χ2n) is 7.21. The zero-order valence-corrected chi connectivity index (χ0v) is 20.3. The Hall–Kier alpha value is -1.35. The molecule has 0 amide bonds. The van der Waals surface area contributed by atoms with Crippen LogP contribution in [-0.2, 0) is 12.0 Å². The third-order valence-corrected chi connectivity index (χ3v) is 6.55. The molecule has 7 heteroatoms. The molecule has 1 saturated carbocycles. The third-order valence-electron chi connectivity index (χ3n) is 5.47. The summed E-state index contributed by atoms with van der Waals surface area (Å²) >= 11 is 1.74. The van der Waals surface area contributed by atoms with Gasteiger partial charge in [-0.15, -0.1) is 35.3 Å². The molecule has 5 nitrogen and oxygen atoms in total. The fourth-order valence-corrected chi connectivity index (χ4v) is 4.93. The highest BCUT2D eigenvalue weighted by molar-refractivity contribution is 14.0. The predicted octanol–water partition coefficient (Wildman–Crippen LogP) is 4.56. The summed E-state index contributed by atoms with van der Waals surface area (Å²) in [6.07, 6.45) is 4.85. The van der Waals surface area contributed by atoms with Crippen molar-refractivity contribution in [1.82, 2.24) is 15.6 Å². The Labute approximate surface area is 189 Å². The van der Waals surface area contributed by atoms with Crippen LogP contribution in [0.3, 0.4) is 0 Å². The molecule has 0 spiro atoms. The van der Waals surface area contributed by atoms with Gasteiger partial charge in [0.2, 0.25) is 0 Å². The van der Waals surface area contributed by atoms with Crippen molar-refractivity contribution in [2.24, 2.45) is 4.99 Å². The molecular weight excluding hydrogens is 483 g/mol. The second-order valence-corrected chi connectivity index (χ2v) is 8.50. The molecule has 1 fully saturated rings. The van der Waals surface area contributed by atoms with Gasteiger partial charge in [0.1, 0.15) is 5.75 Å². The number of methoxy groups -OCH3 is 1. The maximum atomic E-state index is 5.66. The van der Waals surface area contributed by atoms with Gasteiger partial charge in [0.15, 0.2) is 5.96 Å². The van der Waals surface area contributed by atoms with E-state index in [1.54, 1.807) is 18.4 Å². The fraction of sp³-hybridized carbons (Fsp3) is 0.524. The summed E-state index contributed by atoms with van der Waals surface area (Å²) in [7, 11) is 3.58. The summed E-state index contributed by atoms with van der Waals surface area (Å²) in [5.74, 6) is 1.82. The number of aromatic nitrogens is 1. The van der Waals surface area contributed by atoms with E-state index >= 15 is 0 Å². The lowest BCUT2D eigenvalue weighted by atomic mass is 9.78. The van der Waals surface area contributed by atoms with Crippen LogP contribution in [0.5, 0.6) is 5.75 Å². The van der Waals surface area contributed by atoms with E-state index in [1.165, 1.54) is 36.1 Å². The first-order valence-corrected chi connectivity index (χ1v) is 10.4. The molecule has 2 N–H and O–H groups in total. The number of rotatable bonds is 6. The number of thiazole rings is 1. The highest BCUT2D eigenvalue weighted by atomic mass is 127. The van der Waals surface area contributed by atoms with Crippen molar-refractivity contribution in [1.29, 1.82) is 0 Å². The monoisotopic (exact) mass is 514 g/mol. The second kappa shape index (κ2) is 10.4. The van der Waals surface area contributed by atoms with Gasteiger partial charge in [0, 0.05) is 29.4 Å². The molecule has 154 valence electrons. The number of nitrogens with one attached hydrogen (secondary N) is 2. The SMILES string of the molecule is CN=C(NCc1sc(C)nc1C)NCC1(c2ccccc2OC)CCCC1.I. The Kier molecular flexibility index (Phi) is 8.55. The van der Waals surface area contributed by atoms with Gasteiger partial charge < -0.3 is 15.4 Å². The first kappa shape index (κ1) is 22.9. The van der Waals surface area contributed by atoms with Gasteiger partial charge in [-0.3, -0.25) is 4.99 Å². The van der Waals surface area contributed by atoms with Crippen molar-refractivity contribution in [3.63, 3.8) is 0 Å². The van der Waals surface area contributed by atoms with Crippen LogP contribution in [-0.4, -0.2) is 31.6 Å². The molecule has 2 aromatic rings. The maximum absolute atomic E-state index is 5.66. The number of hydrogen-bond donors (Lipinski definition) is 2. The van der Waals surface area contributed by atoms with Gasteiger partial charge in [0.05, 0.1) is 24.4 Å². The van der Waals surface area contributed by atoms with Crippen molar-refractivity contribution >= 4 is 41.3 Å². The van der Waals surface area contributed by atoms with E-state index in [-0.39, 0.29) is 29.4 Å². The van der Waals surface area contributed by atoms with Crippen molar-refractivity contribution in [3.05, 3.63) is 45.4 Å². The molecule has 0 aliphatic heterocycles. The molecule has 1 aromatic heterocycles. The Morgan fingerprint density at radius 3 is 2.54 bits per heavy atom.